The van der Waals surface area contributed by atoms with Crippen molar-refractivity contribution in [3.05, 3.63) is 16.4 Å². The number of carbonyl (C=O) groups is 1. The molecule has 0 fully saturated rings. The fraction of sp³-hybridized carbons (Fsp3) is 0.400. The number of nitrogens with zero attached hydrogens (tertiary/aromatic N) is 4. The lowest BCUT2D eigenvalue weighted by molar-refractivity contribution is -0.394. The molecule has 82 valence electrons. The predicted molar refractivity (Wildman–Crippen MR) is 40.8 cm³/mol. The van der Waals surface area contributed by atoms with E-state index in [2.05, 4.69) is 15.8 Å². The number of alkyl halides is 2. The average Bonchev–Trinajstić information content (AvgIpc) is 2.51. The van der Waals surface area contributed by atoms with Crippen LogP contribution in [0.4, 0.5) is 14.7 Å². The molecule has 1 aromatic heterocycles. The van der Waals surface area contributed by atoms with Crippen molar-refractivity contribution in [3.8, 4) is 0 Å². The zero-order valence-electron chi connectivity index (χ0n) is 7.13. The summed E-state index contributed by atoms with van der Waals surface area (Å²) in [5, 5.41) is 13.2. The number of aromatic nitrogens is 3. The van der Waals surface area contributed by atoms with Gasteiger partial charge in [0.25, 0.3) is 5.91 Å². The Labute approximate surface area is 80.8 Å². The molecule has 0 atom stereocenters. The summed E-state index contributed by atoms with van der Waals surface area (Å²) in [4.78, 5) is 22.5. The van der Waals surface area contributed by atoms with Crippen molar-refractivity contribution in [2.75, 3.05) is 0 Å². The van der Waals surface area contributed by atoms with Crippen LogP contribution < -0.4 is 5.73 Å². The molecule has 0 aliphatic heterocycles. The third-order valence-corrected chi connectivity index (χ3v) is 1.41. The topological polar surface area (TPSA) is 117 Å². The molecular formula is C5H5F2N5O3. The molecule has 0 saturated carbocycles. The minimum absolute atomic E-state index is 0.475. The first-order valence-electron chi connectivity index (χ1n) is 3.54. The molecule has 8 nitrogen and oxygen atoms in total. The molecule has 0 aliphatic rings. The average molecular weight is 221 g/mol. The Bertz CT molecular complexity index is 403. The van der Waals surface area contributed by atoms with Crippen molar-refractivity contribution >= 4 is 11.9 Å². The van der Waals surface area contributed by atoms with Gasteiger partial charge in [-0.15, -0.1) is 0 Å². The molecule has 0 aromatic carbocycles. The summed E-state index contributed by atoms with van der Waals surface area (Å²) in [6, 6.07) is 0. The molecule has 0 saturated heterocycles. The molecule has 0 unspecified atom stereocenters. The summed E-state index contributed by atoms with van der Waals surface area (Å²) in [7, 11) is 0. The number of nitrogens with two attached hydrogens (primary N) is 1. The van der Waals surface area contributed by atoms with E-state index in [1.807, 2.05) is 0 Å². The van der Waals surface area contributed by atoms with Crippen molar-refractivity contribution in [3.63, 3.8) is 0 Å². The molecular weight excluding hydrogens is 216 g/mol. The molecule has 15 heavy (non-hydrogen) atoms. The molecule has 10 heteroatoms. The molecule has 0 aliphatic carbocycles. The number of carbonyl (C=O) groups excluding carboxylic acids is 1. The van der Waals surface area contributed by atoms with Crippen molar-refractivity contribution in [2.24, 2.45) is 5.73 Å². The zero-order valence-corrected chi connectivity index (χ0v) is 7.13. The first kappa shape index (κ1) is 10.9. The van der Waals surface area contributed by atoms with Crippen molar-refractivity contribution < 1.29 is 18.5 Å². The lowest BCUT2D eigenvalue weighted by Crippen LogP contribution is -2.39. The summed E-state index contributed by atoms with van der Waals surface area (Å²) in [6.07, 6.45) is 0.717. The monoisotopic (exact) mass is 221 g/mol. The maximum atomic E-state index is 12.7. The Kier molecular flexibility index (Phi) is 2.59. The number of rotatable bonds is 4. The van der Waals surface area contributed by atoms with Gasteiger partial charge in [-0.2, -0.15) is 13.5 Å². The van der Waals surface area contributed by atoms with Gasteiger partial charge in [0.2, 0.25) is 6.33 Å². The lowest BCUT2D eigenvalue weighted by Gasteiger charge is -2.08. The number of hydrogen-bond acceptors (Lipinski definition) is 5. The standard InChI is InChI=1S/C5H5F2N5O3/c6-5(7,3(8)13)1-11-2-9-4(10-11)12(14)15/h2H,1H2,(H2,8,13). The van der Waals surface area contributed by atoms with Crippen LogP contribution in [0.1, 0.15) is 0 Å². The largest absolute Gasteiger partial charge is 0.490 e. The molecule has 0 radical (unpaired) electrons. The van der Waals surface area contributed by atoms with Crippen LogP contribution in [0, 0.1) is 10.1 Å². The van der Waals surface area contributed by atoms with E-state index in [1.165, 1.54) is 0 Å². The number of nitro groups is 1. The maximum absolute atomic E-state index is 12.7. The molecule has 0 bridgehead atoms. The van der Waals surface area contributed by atoms with Gasteiger partial charge in [0.15, 0.2) is 0 Å². The quantitative estimate of drug-likeness (QED) is 0.533. The van der Waals surface area contributed by atoms with Gasteiger partial charge in [-0.05, 0) is 4.92 Å². The molecule has 2 N–H and O–H groups in total. The summed E-state index contributed by atoms with van der Waals surface area (Å²) in [6.45, 7) is -1.18. The number of primary amides is 1. The van der Waals surface area contributed by atoms with E-state index < -0.39 is 29.2 Å². The Morgan fingerprint density at radius 1 is 1.73 bits per heavy atom. The highest BCUT2D eigenvalue weighted by Crippen LogP contribution is 2.15. The predicted octanol–water partition coefficient (Wildman–Crippen LogP) is -0.693. The van der Waals surface area contributed by atoms with Crippen LogP contribution in [0.15, 0.2) is 6.33 Å². The van der Waals surface area contributed by atoms with Crippen LogP contribution in [0.3, 0.4) is 0 Å². The third kappa shape index (κ3) is 2.42. The second-order valence-corrected chi connectivity index (χ2v) is 2.57. The minimum atomic E-state index is -3.82. The SMILES string of the molecule is NC(=O)C(F)(F)Cn1cnc([N+](=O)[O-])n1. The van der Waals surface area contributed by atoms with Gasteiger partial charge in [-0.3, -0.25) is 4.79 Å². The van der Waals surface area contributed by atoms with Crippen LogP contribution in [-0.4, -0.2) is 31.5 Å². The van der Waals surface area contributed by atoms with Gasteiger partial charge < -0.3 is 15.8 Å². The Morgan fingerprint density at radius 3 is 2.73 bits per heavy atom. The van der Waals surface area contributed by atoms with Gasteiger partial charge >= 0.3 is 11.9 Å². The van der Waals surface area contributed by atoms with E-state index in [4.69, 9.17) is 0 Å². The normalized spacial score (nSPS) is 11.3. The number of halogens is 2. The van der Waals surface area contributed by atoms with Crippen molar-refractivity contribution in [1.29, 1.82) is 0 Å². The van der Waals surface area contributed by atoms with Crippen molar-refractivity contribution in [1.82, 2.24) is 14.8 Å². The van der Waals surface area contributed by atoms with Gasteiger partial charge in [-0.1, -0.05) is 4.98 Å². The van der Waals surface area contributed by atoms with E-state index in [9.17, 15) is 23.7 Å². The summed E-state index contributed by atoms with van der Waals surface area (Å²) in [5.74, 6) is -6.47. The highest BCUT2D eigenvalue weighted by molar-refractivity contribution is 5.81. The number of amides is 1. The molecule has 1 heterocycles. The fourth-order valence-electron chi connectivity index (χ4n) is 0.726. The second-order valence-electron chi connectivity index (χ2n) is 2.57. The summed E-state index contributed by atoms with van der Waals surface area (Å²) in [5.41, 5.74) is 4.40. The molecule has 1 rings (SSSR count). The van der Waals surface area contributed by atoms with Gasteiger partial charge in [-0.25, -0.2) is 0 Å². The molecule has 0 spiro atoms. The van der Waals surface area contributed by atoms with Crippen LogP contribution in [0.2, 0.25) is 0 Å². The lowest BCUT2D eigenvalue weighted by atomic mass is 10.3. The maximum Gasteiger partial charge on any atom is 0.490 e. The summed E-state index contributed by atoms with van der Waals surface area (Å²) >= 11 is 0. The van der Waals surface area contributed by atoms with Crippen LogP contribution in [-0.2, 0) is 11.3 Å². The molecule has 1 amide bonds. The van der Waals surface area contributed by atoms with E-state index in [1.54, 1.807) is 0 Å². The summed E-state index contributed by atoms with van der Waals surface area (Å²) < 4.78 is 25.9. The van der Waals surface area contributed by atoms with Gasteiger partial charge in [0, 0.05) is 5.10 Å². The zero-order chi connectivity index (χ0) is 11.6. The van der Waals surface area contributed by atoms with E-state index >= 15 is 0 Å². The van der Waals surface area contributed by atoms with Gasteiger partial charge in [0.1, 0.15) is 6.54 Å². The minimum Gasteiger partial charge on any atom is -0.390 e. The first-order chi connectivity index (χ1) is 6.83. The van der Waals surface area contributed by atoms with Crippen LogP contribution >= 0.6 is 0 Å². The van der Waals surface area contributed by atoms with E-state index in [-0.39, 0.29) is 0 Å². The number of hydrogen-bond donors (Lipinski definition) is 1. The van der Waals surface area contributed by atoms with Gasteiger partial charge in [0.05, 0.1) is 0 Å². The van der Waals surface area contributed by atoms with Crippen molar-refractivity contribution in [2.45, 2.75) is 12.5 Å². The highest BCUT2D eigenvalue weighted by Gasteiger charge is 2.38. The second kappa shape index (κ2) is 3.55. The highest BCUT2D eigenvalue weighted by atomic mass is 19.3. The first-order valence-corrected chi connectivity index (χ1v) is 3.54. The fourth-order valence-corrected chi connectivity index (χ4v) is 0.726. The van der Waals surface area contributed by atoms with Crippen LogP contribution in [0.5, 0.6) is 0 Å². The van der Waals surface area contributed by atoms with Crippen LogP contribution in [0.25, 0.3) is 0 Å². The van der Waals surface area contributed by atoms with E-state index in [0.717, 1.165) is 6.33 Å². The molecule has 1 aromatic rings. The Morgan fingerprint density at radius 2 is 2.33 bits per heavy atom. The smallest absolute Gasteiger partial charge is 0.390 e. The third-order valence-electron chi connectivity index (χ3n) is 1.41. The Balaban J connectivity index is 2.82. The Hall–Kier alpha value is -2.13. The van der Waals surface area contributed by atoms with E-state index in [0.29, 0.717) is 4.68 Å².